The van der Waals surface area contributed by atoms with Crippen molar-refractivity contribution in [2.45, 2.75) is 0 Å². The maximum atomic E-state index is 5.47. The molecule has 1 rings (SSSR count). The Morgan fingerprint density at radius 2 is 1.89 bits per heavy atom. The molecule has 0 saturated carbocycles. The van der Waals surface area contributed by atoms with Gasteiger partial charge in [0.2, 0.25) is 0 Å². The first-order chi connectivity index (χ1) is 3.80. The van der Waals surface area contributed by atoms with Crippen molar-refractivity contribution in [1.29, 1.82) is 0 Å². The first kappa shape index (κ1) is 9.34. The quantitative estimate of drug-likeness (QED) is 0.611. The summed E-state index contributed by atoms with van der Waals surface area (Å²) in [7, 11) is 0. The summed E-state index contributed by atoms with van der Waals surface area (Å²) in [4.78, 5) is 7.49. The largest absolute Gasteiger partial charge is 0.336 e. The van der Waals surface area contributed by atoms with E-state index >= 15 is 0 Å². The van der Waals surface area contributed by atoms with Crippen molar-refractivity contribution in [2.24, 2.45) is 0 Å². The summed E-state index contributed by atoms with van der Waals surface area (Å²) < 4.78 is 0. The summed E-state index contributed by atoms with van der Waals surface area (Å²) in [6, 6.07) is 0. The van der Waals surface area contributed by atoms with Gasteiger partial charge in [-0.2, -0.15) is 11.6 Å². The SMILES string of the molecule is [CH2-]c1nccnc1Cl.[Y]. The smallest absolute Gasteiger partial charge is 0.0403 e. The monoisotopic (exact) mass is 216 g/mol. The van der Waals surface area contributed by atoms with Gasteiger partial charge in [0.1, 0.15) is 0 Å². The van der Waals surface area contributed by atoms with Gasteiger partial charge < -0.3 is 4.98 Å². The Morgan fingerprint density at radius 1 is 1.33 bits per heavy atom. The maximum Gasteiger partial charge on any atom is 0.0403 e. The van der Waals surface area contributed by atoms with Crippen LogP contribution in [0, 0.1) is 6.92 Å². The Hall–Kier alpha value is 0.344. The molecule has 1 aromatic heterocycles. The normalized spacial score (nSPS) is 8.11. The van der Waals surface area contributed by atoms with Crippen molar-refractivity contribution in [1.82, 2.24) is 9.97 Å². The number of rotatable bonds is 0. The molecule has 1 radical (unpaired) electrons. The Labute approximate surface area is 83.9 Å². The Bertz CT molecular complexity index is 171. The number of aromatic nitrogens is 2. The number of hydrogen-bond acceptors (Lipinski definition) is 2. The average molecular weight is 216 g/mol. The van der Waals surface area contributed by atoms with Crippen LogP contribution in [-0.4, -0.2) is 9.97 Å². The summed E-state index contributed by atoms with van der Waals surface area (Å²) in [5, 5.41) is 0.368. The van der Waals surface area contributed by atoms with Crippen molar-refractivity contribution in [3.8, 4) is 0 Å². The van der Waals surface area contributed by atoms with E-state index in [9.17, 15) is 0 Å². The second kappa shape index (κ2) is 4.21. The summed E-state index contributed by atoms with van der Waals surface area (Å²) in [5.41, 5.74) is 0.522. The first-order valence-corrected chi connectivity index (χ1v) is 2.47. The number of halogens is 1. The van der Waals surface area contributed by atoms with Crippen LogP contribution < -0.4 is 0 Å². The van der Waals surface area contributed by atoms with Gasteiger partial charge in [-0.15, -0.1) is 0 Å². The van der Waals surface area contributed by atoms with E-state index in [-0.39, 0.29) is 32.7 Å². The summed E-state index contributed by atoms with van der Waals surface area (Å²) >= 11 is 5.47. The van der Waals surface area contributed by atoms with E-state index in [0.29, 0.717) is 10.8 Å². The molecule has 0 saturated heterocycles. The van der Waals surface area contributed by atoms with Crippen LogP contribution in [0.25, 0.3) is 0 Å². The molecule has 0 spiro atoms. The van der Waals surface area contributed by atoms with E-state index in [2.05, 4.69) is 16.9 Å². The molecule has 45 valence electrons. The van der Waals surface area contributed by atoms with Crippen molar-refractivity contribution >= 4 is 11.6 Å². The molecule has 1 aromatic rings. The van der Waals surface area contributed by atoms with Crippen molar-refractivity contribution in [3.63, 3.8) is 0 Å². The fourth-order valence-corrected chi connectivity index (χ4v) is 0.455. The van der Waals surface area contributed by atoms with Crippen molar-refractivity contribution in [3.05, 3.63) is 30.2 Å². The van der Waals surface area contributed by atoms with E-state index < -0.39 is 0 Å². The summed E-state index contributed by atoms with van der Waals surface area (Å²) in [6.45, 7) is 3.51. The Kier molecular flexibility index (Phi) is 4.37. The van der Waals surface area contributed by atoms with E-state index in [0.717, 1.165) is 0 Å². The van der Waals surface area contributed by atoms with Crippen LogP contribution in [0.3, 0.4) is 0 Å². The zero-order valence-corrected chi connectivity index (χ0v) is 8.31. The molecule has 0 atom stereocenters. The van der Waals surface area contributed by atoms with Crippen LogP contribution in [0.2, 0.25) is 5.15 Å². The molecular formula is C5H4ClN2Y-. The van der Waals surface area contributed by atoms with Gasteiger partial charge in [-0.25, -0.2) is 6.92 Å². The maximum absolute atomic E-state index is 5.47. The van der Waals surface area contributed by atoms with Gasteiger partial charge in [0, 0.05) is 50.3 Å². The van der Waals surface area contributed by atoms with E-state index in [1.807, 2.05) is 0 Å². The van der Waals surface area contributed by atoms with Crippen LogP contribution in [0.1, 0.15) is 5.69 Å². The average Bonchev–Trinajstić information content (AvgIpc) is 1.77. The second-order valence-electron chi connectivity index (χ2n) is 1.29. The molecule has 0 aliphatic carbocycles. The minimum Gasteiger partial charge on any atom is -0.336 e. The van der Waals surface area contributed by atoms with Gasteiger partial charge in [0.15, 0.2) is 0 Å². The van der Waals surface area contributed by atoms with E-state index in [1.165, 1.54) is 6.20 Å². The fourth-order valence-electron chi connectivity index (χ4n) is 0.350. The molecule has 0 fully saturated rings. The van der Waals surface area contributed by atoms with Gasteiger partial charge in [-0.05, 0) is 0 Å². The van der Waals surface area contributed by atoms with Gasteiger partial charge in [-0.1, -0.05) is 5.69 Å². The van der Waals surface area contributed by atoms with Crippen molar-refractivity contribution in [2.75, 3.05) is 0 Å². The molecule has 4 heteroatoms. The first-order valence-electron chi connectivity index (χ1n) is 2.09. The van der Waals surface area contributed by atoms with Crippen LogP contribution >= 0.6 is 11.6 Å². The van der Waals surface area contributed by atoms with Crippen molar-refractivity contribution < 1.29 is 32.7 Å². The van der Waals surface area contributed by atoms with Gasteiger partial charge >= 0.3 is 0 Å². The molecule has 0 bridgehead atoms. The van der Waals surface area contributed by atoms with Crippen LogP contribution in [0.15, 0.2) is 12.4 Å². The molecular weight excluding hydrogens is 212 g/mol. The van der Waals surface area contributed by atoms with Crippen LogP contribution in [-0.2, 0) is 32.7 Å². The molecule has 0 amide bonds. The number of nitrogens with zero attached hydrogens (tertiary/aromatic N) is 2. The molecule has 2 nitrogen and oxygen atoms in total. The Balaban J connectivity index is 0.000000640. The van der Waals surface area contributed by atoms with E-state index in [1.54, 1.807) is 6.20 Å². The molecule has 0 aliphatic heterocycles. The van der Waals surface area contributed by atoms with Gasteiger partial charge in [-0.3, -0.25) is 4.98 Å². The minimum absolute atomic E-state index is 0. The van der Waals surface area contributed by atoms with Crippen LogP contribution in [0.5, 0.6) is 0 Å². The standard InChI is InChI=1S/C5H4ClN2.Y/c1-4-5(6)8-3-2-7-4;/h2-3H,1H2;/q-1;. The minimum atomic E-state index is 0. The molecule has 1 heterocycles. The van der Waals surface area contributed by atoms with E-state index in [4.69, 9.17) is 11.6 Å². The van der Waals surface area contributed by atoms with Gasteiger partial charge in [0.25, 0.3) is 0 Å². The predicted molar refractivity (Wildman–Crippen MR) is 31.5 cm³/mol. The molecule has 0 aliphatic rings. The third-order valence-electron chi connectivity index (χ3n) is 0.723. The number of hydrogen-bond donors (Lipinski definition) is 0. The summed E-state index contributed by atoms with van der Waals surface area (Å²) in [6.07, 6.45) is 3.07. The molecule has 0 N–H and O–H groups in total. The predicted octanol–water partition coefficient (Wildman–Crippen LogP) is 1.31. The third-order valence-corrected chi connectivity index (χ3v) is 1.04. The molecule has 0 aromatic carbocycles. The second-order valence-corrected chi connectivity index (χ2v) is 1.65. The van der Waals surface area contributed by atoms with Gasteiger partial charge in [0.05, 0.1) is 0 Å². The topological polar surface area (TPSA) is 25.8 Å². The zero-order valence-electron chi connectivity index (χ0n) is 4.71. The zero-order chi connectivity index (χ0) is 5.98. The molecule has 9 heavy (non-hydrogen) atoms. The third kappa shape index (κ3) is 2.61. The Morgan fingerprint density at radius 3 is 2.22 bits per heavy atom. The fraction of sp³-hybridized carbons (Fsp3) is 0. The van der Waals surface area contributed by atoms with Crippen LogP contribution in [0.4, 0.5) is 0 Å². The molecule has 0 unspecified atom stereocenters. The summed E-state index contributed by atoms with van der Waals surface area (Å²) in [5.74, 6) is 0.